The highest BCUT2D eigenvalue weighted by molar-refractivity contribution is 5.78. The van der Waals surface area contributed by atoms with E-state index in [-0.39, 0.29) is 34.7 Å². The van der Waals surface area contributed by atoms with Gasteiger partial charge >= 0.3 is 5.69 Å². The molecule has 0 radical (unpaired) electrons. The third kappa shape index (κ3) is 3.22. The van der Waals surface area contributed by atoms with Crippen molar-refractivity contribution in [2.75, 3.05) is 6.61 Å². The molecule has 2 saturated heterocycles. The lowest BCUT2D eigenvalue weighted by Crippen LogP contribution is -2.73. The normalized spacial score (nSPS) is 35.3. The van der Waals surface area contributed by atoms with E-state index in [1.165, 1.54) is 0 Å². The Kier molecular flexibility index (Phi) is 5.11. The molecule has 7 nitrogen and oxygen atoms in total. The zero-order valence-electron chi connectivity index (χ0n) is 21.0. The van der Waals surface area contributed by atoms with Crippen LogP contribution in [0.1, 0.15) is 64.2 Å². The molecule has 3 fully saturated rings. The molecular formula is C26H38N4O3. The maximum atomic E-state index is 12.6. The number of nitrogens with zero attached hydrogens (tertiary/aromatic N) is 2. The second kappa shape index (κ2) is 7.44. The number of carbonyl (C=O) groups is 1. The van der Waals surface area contributed by atoms with Crippen LogP contribution in [0.5, 0.6) is 0 Å². The van der Waals surface area contributed by atoms with Gasteiger partial charge in [0.1, 0.15) is 0 Å². The number of amides is 1. The molecule has 7 heteroatoms. The van der Waals surface area contributed by atoms with Gasteiger partial charge in [-0.1, -0.05) is 0 Å². The monoisotopic (exact) mass is 454 g/mol. The van der Waals surface area contributed by atoms with Gasteiger partial charge in [0, 0.05) is 45.1 Å². The lowest BCUT2D eigenvalue weighted by atomic mass is 9.52. The highest BCUT2D eigenvalue weighted by Crippen LogP contribution is 2.57. The Bertz CT molecular complexity index is 1180. The molecule has 0 unspecified atom stereocenters. The highest BCUT2D eigenvalue weighted by Gasteiger charge is 2.61. The van der Waals surface area contributed by atoms with Gasteiger partial charge < -0.3 is 15.4 Å². The summed E-state index contributed by atoms with van der Waals surface area (Å²) < 4.78 is 9.97. The number of aromatic nitrogens is 2. The van der Waals surface area contributed by atoms with Crippen molar-refractivity contribution in [1.82, 2.24) is 19.8 Å². The van der Waals surface area contributed by atoms with Crippen molar-refractivity contribution in [2.24, 2.45) is 31.8 Å². The molecule has 3 aliphatic rings. The molecule has 0 spiro atoms. The van der Waals surface area contributed by atoms with E-state index in [0.29, 0.717) is 24.5 Å². The lowest BCUT2D eigenvalue weighted by Gasteiger charge is -2.63. The third-order valence-electron chi connectivity index (χ3n) is 9.18. The first-order valence-corrected chi connectivity index (χ1v) is 12.3. The number of benzene rings is 1. The van der Waals surface area contributed by atoms with Gasteiger partial charge in [-0.25, -0.2) is 4.79 Å². The van der Waals surface area contributed by atoms with E-state index in [0.717, 1.165) is 41.4 Å². The second-order valence-electron chi connectivity index (χ2n) is 11.4. The number of hydrogen-bond acceptors (Lipinski definition) is 4. The van der Waals surface area contributed by atoms with E-state index < -0.39 is 0 Å². The quantitative estimate of drug-likeness (QED) is 0.732. The SMILES string of the molecule is CC(=O)N[C@]12CCO[C@@H](c3cc4c(cc3C)n(C)c(=O)n4C)[C@@H]1C[C@H]1C[C@H]2[C@@H](C)NC1(C)C. The summed E-state index contributed by atoms with van der Waals surface area (Å²) in [6.07, 6.45) is 2.84. The fourth-order valence-corrected chi connectivity index (χ4v) is 7.54. The summed E-state index contributed by atoms with van der Waals surface area (Å²) in [5.74, 6) is 1.09. The lowest BCUT2D eigenvalue weighted by molar-refractivity contribution is -0.160. The van der Waals surface area contributed by atoms with Gasteiger partial charge in [0.05, 0.1) is 22.7 Å². The molecule has 2 aromatic rings. The van der Waals surface area contributed by atoms with Crippen LogP contribution in [0, 0.1) is 24.7 Å². The van der Waals surface area contributed by atoms with Gasteiger partial charge in [0.2, 0.25) is 5.91 Å². The third-order valence-corrected chi connectivity index (χ3v) is 9.18. The van der Waals surface area contributed by atoms with Gasteiger partial charge in [0.25, 0.3) is 0 Å². The van der Waals surface area contributed by atoms with Gasteiger partial charge in [-0.3, -0.25) is 13.9 Å². The fraction of sp³-hybridized carbons (Fsp3) is 0.692. The smallest absolute Gasteiger partial charge is 0.328 e. The molecule has 6 atom stereocenters. The summed E-state index contributed by atoms with van der Waals surface area (Å²) in [6.45, 7) is 11.3. The number of nitrogens with one attached hydrogen (secondary N) is 2. The topological polar surface area (TPSA) is 77.3 Å². The Labute approximate surface area is 195 Å². The average molecular weight is 455 g/mol. The van der Waals surface area contributed by atoms with Crippen molar-refractivity contribution in [3.05, 3.63) is 33.7 Å². The molecule has 5 rings (SSSR count). The van der Waals surface area contributed by atoms with Crippen LogP contribution < -0.4 is 16.3 Å². The van der Waals surface area contributed by atoms with E-state index in [1.54, 1.807) is 16.1 Å². The van der Waals surface area contributed by atoms with Crippen molar-refractivity contribution in [1.29, 1.82) is 0 Å². The zero-order valence-corrected chi connectivity index (χ0v) is 21.0. The van der Waals surface area contributed by atoms with Crippen molar-refractivity contribution < 1.29 is 9.53 Å². The minimum atomic E-state index is -0.294. The zero-order chi connectivity index (χ0) is 23.9. The van der Waals surface area contributed by atoms with E-state index >= 15 is 0 Å². The fourth-order valence-electron chi connectivity index (χ4n) is 7.54. The number of ether oxygens (including phenoxy) is 1. The van der Waals surface area contributed by atoms with Gasteiger partial charge in [-0.15, -0.1) is 0 Å². The molecule has 2 aliphatic heterocycles. The molecule has 3 heterocycles. The number of hydrogen-bond donors (Lipinski definition) is 2. The number of aryl methyl sites for hydroxylation is 3. The predicted octanol–water partition coefficient (Wildman–Crippen LogP) is 2.93. The largest absolute Gasteiger partial charge is 0.373 e. The van der Waals surface area contributed by atoms with E-state index in [2.05, 4.69) is 50.5 Å². The van der Waals surface area contributed by atoms with Crippen molar-refractivity contribution in [3.8, 4) is 0 Å². The maximum Gasteiger partial charge on any atom is 0.328 e. The standard InChI is InChI=1S/C26H38N4O3/c1-14-10-21-22(30(7)24(32)29(21)6)13-18(14)23-20-12-17-11-19(15(2)27-25(17,4)5)26(20,8-9-33-23)28-16(3)31/h10,13,15,17,19-20,23,27H,8-9,11-12H2,1-7H3,(H,28,31)/t15-,17-,19+,20+,23+,26+/m1/s1. The summed E-state index contributed by atoms with van der Waals surface area (Å²) in [5.41, 5.74) is 3.87. The Balaban J connectivity index is 1.66. The first-order valence-electron chi connectivity index (χ1n) is 12.3. The minimum absolute atomic E-state index is 0.0208. The Hall–Kier alpha value is -2.12. The number of carbonyl (C=O) groups excluding carboxylic acids is 1. The van der Waals surface area contributed by atoms with Crippen LogP contribution in [0.2, 0.25) is 0 Å². The minimum Gasteiger partial charge on any atom is -0.373 e. The molecule has 1 amide bonds. The molecule has 1 aliphatic carbocycles. The molecule has 2 bridgehead atoms. The summed E-state index contributed by atoms with van der Waals surface area (Å²) in [4.78, 5) is 25.1. The van der Waals surface area contributed by atoms with Crippen molar-refractivity contribution in [2.45, 2.75) is 77.1 Å². The van der Waals surface area contributed by atoms with Crippen LogP contribution in [-0.2, 0) is 23.6 Å². The van der Waals surface area contributed by atoms with Crippen LogP contribution in [0.15, 0.2) is 16.9 Å². The van der Waals surface area contributed by atoms with Crippen LogP contribution >= 0.6 is 0 Å². The Morgan fingerprint density at radius 3 is 2.45 bits per heavy atom. The first kappa shape index (κ1) is 22.7. The number of rotatable bonds is 2. The molecule has 1 saturated carbocycles. The molecule has 33 heavy (non-hydrogen) atoms. The van der Waals surface area contributed by atoms with E-state index in [1.807, 2.05) is 14.1 Å². The van der Waals surface area contributed by atoms with Crippen LogP contribution in [0.25, 0.3) is 11.0 Å². The molecular weight excluding hydrogens is 416 g/mol. The molecule has 1 aromatic heterocycles. The number of piperidine rings is 1. The molecule has 2 N–H and O–H groups in total. The van der Waals surface area contributed by atoms with Gasteiger partial charge in [-0.2, -0.15) is 0 Å². The number of imidazole rings is 1. The molecule has 180 valence electrons. The van der Waals surface area contributed by atoms with Crippen molar-refractivity contribution >= 4 is 16.9 Å². The van der Waals surface area contributed by atoms with Gasteiger partial charge in [0.15, 0.2) is 0 Å². The van der Waals surface area contributed by atoms with Crippen LogP contribution in [0.3, 0.4) is 0 Å². The van der Waals surface area contributed by atoms with Crippen LogP contribution in [0.4, 0.5) is 0 Å². The van der Waals surface area contributed by atoms with Crippen LogP contribution in [-0.4, -0.2) is 38.8 Å². The van der Waals surface area contributed by atoms with Crippen molar-refractivity contribution in [3.63, 3.8) is 0 Å². The second-order valence-corrected chi connectivity index (χ2v) is 11.4. The van der Waals surface area contributed by atoms with E-state index in [4.69, 9.17) is 4.74 Å². The summed E-state index contributed by atoms with van der Waals surface area (Å²) >= 11 is 0. The summed E-state index contributed by atoms with van der Waals surface area (Å²) in [6, 6.07) is 4.57. The van der Waals surface area contributed by atoms with Gasteiger partial charge in [-0.05, 0) is 82.1 Å². The Morgan fingerprint density at radius 1 is 1.15 bits per heavy atom. The number of fused-ring (bicyclic) bond motifs is 5. The molecule has 1 aromatic carbocycles. The van der Waals surface area contributed by atoms with E-state index in [9.17, 15) is 9.59 Å². The summed E-state index contributed by atoms with van der Waals surface area (Å²) in [7, 11) is 3.65. The Morgan fingerprint density at radius 2 is 1.79 bits per heavy atom. The maximum absolute atomic E-state index is 12.6. The highest BCUT2D eigenvalue weighted by atomic mass is 16.5. The summed E-state index contributed by atoms with van der Waals surface area (Å²) in [5, 5.41) is 7.34. The first-order chi connectivity index (χ1) is 15.5. The average Bonchev–Trinajstić information content (AvgIpc) is 2.93. The predicted molar refractivity (Wildman–Crippen MR) is 129 cm³/mol.